The Kier molecular flexibility index (Phi) is 5.14. The van der Waals surface area contributed by atoms with Crippen LogP contribution in [0, 0.1) is 5.92 Å². The SMILES string of the molecule is O=C(c1ccncc1)N1C[C@@H](C(=O)N2CCCCC2)[C@H](c2cccnc2)C1. The van der Waals surface area contributed by atoms with Gasteiger partial charge in [-0.1, -0.05) is 6.07 Å². The van der Waals surface area contributed by atoms with Gasteiger partial charge in [-0.05, 0) is 43.0 Å². The van der Waals surface area contributed by atoms with Crippen LogP contribution in [-0.4, -0.2) is 57.8 Å². The van der Waals surface area contributed by atoms with Crippen molar-refractivity contribution in [2.75, 3.05) is 26.2 Å². The summed E-state index contributed by atoms with van der Waals surface area (Å²) in [4.78, 5) is 38.2. The van der Waals surface area contributed by atoms with E-state index >= 15 is 0 Å². The van der Waals surface area contributed by atoms with Gasteiger partial charge in [-0.25, -0.2) is 0 Å². The summed E-state index contributed by atoms with van der Waals surface area (Å²) in [6, 6.07) is 7.35. The topological polar surface area (TPSA) is 66.4 Å². The van der Waals surface area contributed by atoms with Gasteiger partial charge in [0.1, 0.15) is 0 Å². The van der Waals surface area contributed by atoms with Crippen molar-refractivity contribution in [3.8, 4) is 0 Å². The van der Waals surface area contributed by atoms with E-state index in [2.05, 4.69) is 9.97 Å². The maximum Gasteiger partial charge on any atom is 0.254 e. The summed E-state index contributed by atoms with van der Waals surface area (Å²) < 4.78 is 0. The largest absolute Gasteiger partial charge is 0.342 e. The van der Waals surface area contributed by atoms with E-state index < -0.39 is 0 Å². The number of hydrogen-bond donors (Lipinski definition) is 0. The van der Waals surface area contributed by atoms with Gasteiger partial charge in [-0.15, -0.1) is 0 Å². The summed E-state index contributed by atoms with van der Waals surface area (Å²) in [6.07, 6.45) is 10.1. The first-order valence-electron chi connectivity index (χ1n) is 9.62. The van der Waals surface area contributed by atoms with E-state index in [0.29, 0.717) is 18.7 Å². The highest BCUT2D eigenvalue weighted by atomic mass is 16.2. The van der Waals surface area contributed by atoms with Gasteiger partial charge in [-0.2, -0.15) is 0 Å². The molecule has 4 rings (SSSR count). The second-order valence-corrected chi connectivity index (χ2v) is 7.33. The highest BCUT2D eigenvalue weighted by Crippen LogP contribution is 2.35. The third-order valence-electron chi connectivity index (χ3n) is 5.63. The molecule has 0 N–H and O–H groups in total. The van der Waals surface area contributed by atoms with E-state index in [0.717, 1.165) is 31.5 Å². The number of nitrogens with zero attached hydrogens (tertiary/aromatic N) is 4. The molecule has 2 saturated heterocycles. The third-order valence-corrected chi connectivity index (χ3v) is 5.63. The summed E-state index contributed by atoms with van der Waals surface area (Å²) in [7, 11) is 0. The minimum Gasteiger partial charge on any atom is -0.342 e. The van der Waals surface area contributed by atoms with E-state index in [1.165, 1.54) is 6.42 Å². The lowest BCUT2D eigenvalue weighted by Gasteiger charge is -2.30. The Bertz CT molecular complexity index is 790. The quantitative estimate of drug-likeness (QED) is 0.838. The van der Waals surface area contributed by atoms with Crippen LogP contribution in [0.4, 0.5) is 0 Å². The highest BCUT2D eigenvalue weighted by Gasteiger charge is 2.42. The minimum absolute atomic E-state index is 0.0149. The van der Waals surface area contributed by atoms with E-state index in [-0.39, 0.29) is 23.7 Å². The molecular formula is C21H24N4O2. The molecule has 140 valence electrons. The number of amides is 2. The lowest BCUT2D eigenvalue weighted by atomic mass is 9.88. The molecule has 0 radical (unpaired) electrons. The van der Waals surface area contributed by atoms with Gasteiger partial charge < -0.3 is 9.80 Å². The van der Waals surface area contributed by atoms with Crippen LogP contribution in [0.1, 0.15) is 41.1 Å². The van der Waals surface area contributed by atoms with Crippen molar-refractivity contribution in [3.63, 3.8) is 0 Å². The first-order valence-corrected chi connectivity index (χ1v) is 9.62. The standard InChI is InChI=1S/C21H24N4O2/c26-20(16-6-9-22-10-7-16)25-14-18(17-5-4-8-23-13-17)19(15-25)21(27)24-11-2-1-3-12-24/h4-10,13,18-19H,1-3,11-12,14-15H2/t18-,19+/m0/s1. The molecule has 0 aliphatic carbocycles. The average molecular weight is 364 g/mol. The maximum absolute atomic E-state index is 13.2. The lowest BCUT2D eigenvalue weighted by molar-refractivity contribution is -0.136. The third kappa shape index (κ3) is 3.70. The number of pyridine rings is 2. The molecule has 2 atom stereocenters. The van der Waals surface area contributed by atoms with Crippen LogP contribution in [0.2, 0.25) is 0 Å². The van der Waals surface area contributed by atoms with Gasteiger partial charge in [0.25, 0.3) is 5.91 Å². The van der Waals surface area contributed by atoms with Gasteiger partial charge in [0.2, 0.25) is 5.91 Å². The molecule has 0 saturated carbocycles. The van der Waals surface area contributed by atoms with Crippen LogP contribution in [0.15, 0.2) is 49.1 Å². The van der Waals surface area contributed by atoms with E-state index in [1.54, 1.807) is 35.6 Å². The zero-order chi connectivity index (χ0) is 18.6. The minimum atomic E-state index is -0.210. The number of carbonyl (C=O) groups is 2. The van der Waals surface area contributed by atoms with Crippen LogP contribution >= 0.6 is 0 Å². The van der Waals surface area contributed by atoms with Gasteiger partial charge in [0, 0.05) is 62.4 Å². The molecule has 4 heterocycles. The molecule has 6 nitrogen and oxygen atoms in total. The van der Waals surface area contributed by atoms with Crippen LogP contribution in [-0.2, 0) is 4.79 Å². The van der Waals surface area contributed by atoms with Gasteiger partial charge in [0.05, 0.1) is 5.92 Å². The molecule has 0 aromatic carbocycles. The molecule has 2 aliphatic heterocycles. The average Bonchev–Trinajstić information content (AvgIpc) is 3.20. The number of aromatic nitrogens is 2. The molecule has 0 spiro atoms. The Labute approximate surface area is 159 Å². The molecule has 6 heteroatoms. The van der Waals surface area contributed by atoms with Crippen molar-refractivity contribution >= 4 is 11.8 Å². The van der Waals surface area contributed by atoms with Crippen LogP contribution in [0.25, 0.3) is 0 Å². The first-order chi connectivity index (χ1) is 13.2. The van der Waals surface area contributed by atoms with Gasteiger partial charge in [0.15, 0.2) is 0 Å². The molecular weight excluding hydrogens is 340 g/mol. The van der Waals surface area contributed by atoms with Crippen molar-refractivity contribution in [3.05, 3.63) is 60.2 Å². The molecule has 2 amide bonds. The van der Waals surface area contributed by atoms with Crippen molar-refractivity contribution in [1.82, 2.24) is 19.8 Å². The lowest BCUT2D eigenvalue weighted by Crippen LogP contribution is -2.42. The molecule has 0 bridgehead atoms. The monoisotopic (exact) mass is 364 g/mol. The fourth-order valence-electron chi connectivity index (χ4n) is 4.18. The number of piperidine rings is 1. The molecule has 2 fully saturated rings. The summed E-state index contributed by atoms with van der Waals surface area (Å²) in [5.41, 5.74) is 1.64. The second-order valence-electron chi connectivity index (χ2n) is 7.33. The Morgan fingerprint density at radius 1 is 0.889 bits per heavy atom. The van der Waals surface area contributed by atoms with E-state index in [9.17, 15) is 9.59 Å². The van der Waals surface area contributed by atoms with Crippen LogP contribution in [0.5, 0.6) is 0 Å². The predicted octanol–water partition coefficient (Wildman–Crippen LogP) is 2.34. The number of carbonyl (C=O) groups excluding carboxylic acids is 2. The summed E-state index contributed by atoms with van der Waals surface area (Å²) >= 11 is 0. The molecule has 27 heavy (non-hydrogen) atoms. The molecule has 2 aromatic heterocycles. The summed E-state index contributed by atoms with van der Waals surface area (Å²) in [5, 5.41) is 0. The van der Waals surface area contributed by atoms with E-state index in [4.69, 9.17) is 0 Å². The fraction of sp³-hybridized carbons (Fsp3) is 0.429. The number of hydrogen-bond acceptors (Lipinski definition) is 4. The molecule has 2 aliphatic rings. The first kappa shape index (κ1) is 17.6. The van der Waals surface area contributed by atoms with Crippen molar-refractivity contribution in [2.45, 2.75) is 25.2 Å². The fourth-order valence-corrected chi connectivity index (χ4v) is 4.18. The van der Waals surface area contributed by atoms with Gasteiger partial charge >= 0.3 is 0 Å². The van der Waals surface area contributed by atoms with Gasteiger partial charge in [-0.3, -0.25) is 19.6 Å². The molecule has 2 aromatic rings. The predicted molar refractivity (Wildman–Crippen MR) is 101 cm³/mol. The van der Waals surface area contributed by atoms with Crippen molar-refractivity contribution < 1.29 is 9.59 Å². The maximum atomic E-state index is 13.2. The normalized spacial score (nSPS) is 22.7. The number of rotatable bonds is 3. The number of likely N-dealkylation sites (tertiary alicyclic amines) is 2. The van der Waals surface area contributed by atoms with Crippen LogP contribution in [0.3, 0.4) is 0 Å². The van der Waals surface area contributed by atoms with E-state index in [1.807, 2.05) is 23.2 Å². The van der Waals surface area contributed by atoms with Crippen LogP contribution < -0.4 is 0 Å². The Morgan fingerprint density at radius 2 is 1.67 bits per heavy atom. The Hall–Kier alpha value is -2.76. The summed E-state index contributed by atoms with van der Waals surface area (Å²) in [5.74, 6) is -0.0918. The van der Waals surface area contributed by atoms with Crippen molar-refractivity contribution in [2.24, 2.45) is 5.92 Å². The summed E-state index contributed by atoms with van der Waals surface area (Å²) in [6.45, 7) is 2.65. The smallest absolute Gasteiger partial charge is 0.254 e. The molecule has 0 unspecified atom stereocenters. The highest BCUT2D eigenvalue weighted by molar-refractivity contribution is 5.95. The Balaban J connectivity index is 1.59. The zero-order valence-corrected chi connectivity index (χ0v) is 15.3. The van der Waals surface area contributed by atoms with Crippen molar-refractivity contribution in [1.29, 1.82) is 0 Å². The zero-order valence-electron chi connectivity index (χ0n) is 15.3. The Morgan fingerprint density at radius 3 is 2.37 bits per heavy atom. The second kappa shape index (κ2) is 7.86.